The van der Waals surface area contributed by atoms with E-state index in [0.29, 0.717) is 24.9 Å². The lowest BCUT2D eigenvalue weighted by molar-refractivity contribution is 0.0632. The first kappa shape index (κ1) is 17.2. The summed E-state index contributed by atoms with van der Waals surface area (Å²) in [6.07, 6.45) is 1.21. The Labute approximate surface area is 143 Å². The molecule has 1 aliphatic heterocycles. The number of Topliss-reactive ketones (excluding diaryl/α,β-unsaturated/α-hetero) is 1. The molecule has 1 saturated heterocycles. The highest BCUT2D eigenvalue weighted by Crippen LogP contribution is 2.24. The van der Waals surface area contributed by atoms with Gasteiger partial charge >= 0.3 is 0 Å². The van der Waals surface area contributed by atoms with Gasteiger partial charge in [-0.25, -0.2) is 13.2 Å². The molecule has 1 fully saturated rings. The predicted octanol–water partition coefficient (Wildman–Crippen LogP) is 3.84. The minimum Gasteiger partial charge on any atom is -0.338 e. The summed E-state index contributed by atoms with van der Waals surface area (Å²) in [7, 11) is 0. The highest BCUT2D eigenvalue weighted by Gasteiger charge is 2.31. The number of nitrogens with zero attached hydrogens (tertiary/aromatic N) is 1. The first-order chi connectivity index (χ1) is 12.0. The van der Waals surface area contributed by atoms with Crippen LogP contribution in [0.2, 0.25) is 0 Å². The average molecular weight is 347 g/mol. The van der Waals surface area contributed by atoms with Gasteiger partial charge in [0.15, 0.2) is 23.2 Å². The fraction of sp³-hybridized carbons (Fsp3) is 0.263. The van der Waals surface area contributed by atoms with Gasteiger partial charge in [0.1, 0.15) is 0 Å². The molecule has 2 aromatic rings. The molecule has 1 aliphatic rings. The maximum atomic E-state index is 13.9. The normalized spacial score (nSPS) is 17.4. The number of rotatable bonds is 3. The number of ketones is 1. The molecule has 6 heteroatoms. The van der Waals surface area contributed by atoms with E-state index in [1.54, 1.807) is 30.3 Å². The van der Waals surface area contributed by atoms with Crippen molar-refractivity contribution in [2.24, 2.45) is 5.92 Å². The van der Waals surface area contributed by atoms with E-state index < -0.39 is 34.8 Å². The van der Waals surface area contributed by atoms with Crippen LogP contribution in [0.1, 0.15) is 33.6 Å². The average Bonchev–Trinajstić information content (AvgIpc) is 2.66. The van der Waals surface area contributed by atoms with Gasteiger partial charge < -0.3 is 4.90 Å². The first-order valence-electron chi connectivity index (χ1n) is 8.01. The summed E-state index contributed by atoms with van der Waals surface area (Å²) in [5.74, 6) is -5.72. The van der Waals surface area contributed by atoms with E-state index >= 15 is 0 Å². The van der Waals surface area contributed by atoms with Crippen molar-refractivity contribution < 1.29 is 22.8 Å². The zero-order valence-corrected chi connectivity index (χ0v) is 13.3. The molecule has 0 N–H and O–H groups in total. The Balaban J connectivity index is 1.78. The van der Waals surface area contributed by atoms with Gasteiger partial charge in [-0.3, -0.25) is 9.59 Å². The van der Waals surface area contributed by atoms with Crippen LogP contribution in [0.3, 0.4) is 0 Å². The summed E-state index contributed by atoms with van der Waals surface area (Å²) in [6, 6.07) is 10.4. The number of carbonyl (C=O) groups is 2. The van der Waals surface area contributed by atoms with Gasteiger partial charge in [-0.15, -0.1) is 0 Å². The number of amides is 1. The molecule has 3 rings (SSSR count). The van der Waals surface area contributed by atoms with Gasteiger partial charge in [-0.1, -0.05) is 30.3 Å². The summed E-state index contributed by atoms with van der Waals surface area (Å²) in [6.45, 7) is 0.473. The Morgan fingerprint density at radius 3 is 2.40 bits per heavy atom. The highest BCUT2D eigenvalue weighted by molar-refractivity contribution is 5.99. The van der Waals surface area contributed by atoms with E-state index in [9.17, 15) is 22.8 Å². The number of hydrogen-bond donors (Lipinski definition) is 0. The van der Waals surface area contributed by atoms with Crippen molar-refractivity contribution in [2.45, 2.75) is 12.8 Å². The van der Waals surface area contributed by atoms with Crippen LogP contribution in [-0.2, 0) is 0 Å². The molecular weight excluding hydrogens is 331 g/mol. The van der Waals surface area contributed by atoms with Crippen molar-refractivity contribution in [1.82, 2.24) is 4.90 Å². The molecular formula is C19H16F3NO2. The lowest BCUT2D eigenvalue weighted by Gasteiger charge is -2.32. The quantitative estimate of drug-likeness (QED) is 0.625. The number of hydrogen-bond acceptors (Lipinski definition) is 2. The van der Waals surface area contributed by atoms with Gasteiger partial charge in [-0.05, 0) is 25.0 Å². The Morgan fingerprint density at radius 1 is 0.960 bits per heavy atom. The molecule has 1 amide bonds. The van der Waals surface area contributed by atoms with Crippen molar-refractivity contribution in [2.75, 3.05) is 13.1 Å². The van der Waals surface area contributed by atoms with Crippen LogP contribution < -0.4 is 0 Å². The molecule has 25 heavy (non-hydrogen) atoms. The standard InChI is InChI=1S/C19H16F3NO2/c20-15-9-8-14(16(21)17(15)22)19(25)23-10-4-7-13(11-23)18(24)12-5-2-1-3-6-12/h1-3,5-6,8-9,13H,4,7,10-11H2. The number of halogens is 3. The molecule has 3 nitrogen and oxygen atoms in total. The third kappa shape index (κ3) is 3.43. The van der Waals surface area contributed by atoms with E-state index in [1.165, 1.54) is 4.90 Å². The molecule has 0 spiro atoms. The molecule has 0 aliphatic carbocycles. The zero-order chi connectivity index (χ0) is 18.0. The second-order valence-electron chi connectivity index (χ2n) is 6.04. The molecule has 2 aromatic carbocycles. The molecule has 0 bridgehead atoms. The smallest absolute Gasteiger partial charge is 0.256 e. The minimum absolute atomic E-state index is 0.0798. The summed E-state index contributed by atoms with van der Waals surface area (Å²) in [5, 5.41) is 0. The van der Waals surface area contributed by atoms with Crippen molar-refractivity contribution in [3.05, 3.63) is 71.0 Å². The van der Waals surface area contributed by atoms with Crippen LogP contribution in [0.15, 0.2) is 42.5 Å². The van der Waals surface area contributed by atoms with Crippen LogP contribution in [-0.4, -0.2) is 29.7 Å². The fourth-order valence-corrected chi connectivity index (χ4v) is 3.08. The highest BCUT2D eigenvalue weighted by atomic mass is 19.2. The molecule has 130 valence electrons. The number of carbonyl (C=O) groups excluding carboxylic acids is 2. The van der Waals surface area contributed by atoms with Crippen LogP contribution in [0.25, 0.3) is 0 Å². The van der Waals surface area contributed by atoms with E-state index in [1.807, 2.05) is 0 Å². The molecule has 1 heterocycles. The summed E-state index contributed by atoms with van der Waals surface area (Å²) in [4.78, 5) is 26.3. The number of benzene rings is 2. The Hall–Kier alpha value is -2.63. The second-order valence-corrected chi connectivity index (χ2v) is 6.04. The SMILES string of the molecule is O=C(c1ccccc1)C1CCCN(C(=O)c2ccc(F)c(F)c2F)C1. The van der Waals surface area contributed by atoms with Gasteiger partial charge in [0, 0.05) is 24.6 Å². The van der Waals surface area contributed by atoms with Crippen LogP contribution in [0, 0.1) is 23.4 Å². The van der Waals surface area contributed by atoms with E-state index in [2.05, 4.69) is 0 Å². The Bertz CT molecular complexity index is 808. The lowest BCUT2D eigenvalue weighted by atomic mass is 9.89. The summed E-state index contributed by atoms with van der Waals surface area (Å²) >= 11 is 0. The number of piperidine rings is 1. The molecule has 0 saturated carbocycles. The third-order valence-corrected chi connectivity index (χ3v) is 4.40. The van der Waals surface area contributed by atoms with E-state index in [-0.39, 0.29) is 12.3 Å². The van der Waals surface area contributed by atoms with Gasteiger partial charge in [0.05, 0.1) is 5.56 Å². The van der Waals surface area contributed by atoms with Crippen LogP contribution in [0.5, 0.6) is 0 Å². The van der Waals surface area contributed by atoms with Gasteiger partial charge in [-0.2, -0.15) is 0 Å². The van der Waals surface area contributed by atoms with E-state index in [4.69, 9.17) is 0 Å². The summed E-state index contributed by atoms with van der Waals surface area (Å²) < 4.78 is 40.3. The van der Waals surface area contributed by atoms with Crippen molar-refractivity contribution in [3.63, 3.8) is 0 Å². The second kappa shape index (κ2) is 7.09. The van der Waals surface area contributed by atoms with Crippen LogP contribution in [0.4, 0.5) is 13.2 Å². The minimum atomic E-state index is -1.67. The van der Waals surface area contributed by atoms with Crippen molar-refractivity contribution in [1.29, 1.82) is 0 Å². The maximum Gasteiger partial charge on any atom is 0.256 e. The lowest BCUT2D eigenvalue weighted by Crippen LogP contribution is -2.42. The molecule has 1 atom stereocenters. The van der Waals surface area contributed by atoms with Gasteiger partial charge in [0.25, 0.3) is 5.91 Å². The van der Waals surface area contributed by atoms with E-state index in [0.717, 1.165) is 12.1 Å². The molecule has 0 radical (unpaired) electrons. The largest absolute Gasteiger partial charge is 0.338 e. The third-order valence-electron chi connectivity index (χ3n) is 4.40. The Morgan fingerprint density at radius 2 is 1.68 bits per heavy atom. The Kier molecular flexibility index (Phi) is 4.88. The van der Waals surface area contributed by atoms with Crippen LogP contribution >= 0.6 is 0 Å². The van der Waals surface area contributed by atoms with Gasteiger partial charge in [0.2, 0.25) is 0 Å². The first-order valence-corrected chi connectivity index (χ1v) is 8.01. The molecule has 0 aromatic heterocycles. The monoisotopic (exact) mass is 347 g/mol. The topological polar surface area (TPSA) is 37.4 Å². The zero-order valence-electron chi connectivity index (χ0n) is 13.3. The summed E-state index contributed by atoms with van der Waals surface area (Å²) in [5.41, 5.74) is 0.0347. The van der Waals surface area contributed by atoms with Crippen molar-refractivity contribution in [3.8, 4) is 0 Å². The molecule has 1 unspecified atom stereocenters. The predicted molar refractivity (Wildman–Crippen MR) is 85.7 cm³/mol. The van der Waals surface area contributed by atoms with Crippen molar-refractivity contribution >= 4 is 11.7 Å². The fourth-order valence-electron chi connectivity index (χ4n) is 3.08. The number of likely N-dealkylation sites (tertiary alicyclic amines) is 1. The maximum absolute atomic E-state index is 13.9.